The van der Waals surface area contributed by atoms with E-state index in [1.807, 2.05) is 4.52 Å². The number of aromatic nitrogens is 3. The van der Waals surface area contributed by atoms with Crippen molar-refractivity contribution in [2.75, 3.05) is 13.1 Å². The molecule has 3 heterocycles. The van der Waals surface area contributed by atoms with E-state index in [1.54, 1.807) is 6.33 Å². The minimum atomic E-state index is 0.680. The van der Waals surface area contributed by atoms with Crippen molar-refractivity contribution in [1.82, 2.24) is 19.9 Å². The Hall–Kier alpha value is -1.42. The fraction of sp³-hybridized carbons (Fsp3) is 0.538. The van der Waals surface area contributed by atoms with E-state index in [0.29, 0.717) is 5.92 Å². The molecular formula is C13H18N4. The average molecular weight is 230 g/mol. The minimum absolute atomic E-state index is 0.680. The lowest BCUT2D eigenvalue weighted by molar-refractivity contribution is 0.457. The lowest BCUT2D eigenvalue weighted by Crippen LogP contribution is -2.27. The van der Waals surface area contributed by atoms with Crippen molar-refractivity contribution in [2.24, 2.45) is 0 Å². The molecule has 1 fully saturated rings. The largest absolute Gasteiger partial charge is 0.317 e. The van der Waals surface area contributed by atoms with Crippen LogP contribution in [-0.2, 0) is 6.42 Å². The molecule has 4 heteroatoms. The van der Waals surface area contributed by atoms with Gasteiger partial charge < -0.3 is 5.32 Å². The van der Waals surface area contributed by atoms with E-state index in [4.69, 9.17) is 0 Å². The van der Waals surface area contributed by atoms with Gasteiger partial charge >= 0.3 is 0 Å². The van der Waals surface area contributed by atoms with Gasteiger partial charge in [-0.15, -0.1) is 0 Å². The van der Waals surface area contributed by atoms with Crippen molar-refractivity contribution in [3.8, 4) is 0 Å². The van der Waals surface area contributed by atoms with Crippen LogP contribution in [0.4, 0.5) is 0 Å². The Morgan fingerprint density at radius 1 is 1.41 bits per heavy atom. The lowest BCUT2D eigenvalue weighted by atomic mass is 9.87. The molecule has 2 aromatic heterocycles. The molecular weight excluding hydrogens is 212 g/mol. The Balaban J connectivity index is 2.05. The number of rotatable bonds is 2. The van der Waals surface area contributed by atoms with E-state index < -0.39 is 0 Å². The second-order valence-corrected chi connectivity index (χ2v) is 4.69. The van der Waals surface area contributed by atoms with Gasteiger partial charge in [-0.2, -0.15) is 5.10 Å². The molecule has 3 rings (SSSR count). The van der Waals surface area contributed by atoms with Crippen LogP contribution in [0.2, 0.25) is 0 Å². The molecule has 1 saturated heterocycles. The lowest BCUT2D eigenvalue weighted by Gasteiger charge is -2.24. The highest BCUT2D eigenvalue weighted by Gasteiger charge is 2.18. The molecule has 0 atom stereocenters. The molecule has 2 aromatic rings. The molecule has 1 aliphatic rings. The smallest absolute Gasteiger partial charge is 0.155 e. The summed E-state index contributed by atoms with van der Waals surface area (Å²) in [6.07, 6.45) is 7.33. The molecule has 0 aliphatic carbocycles. The summed E-state index contributed by atoms with van der Waals surface area (Å²) in [7, 11) is 0. The highest BCUT2D eigenvalue weighted by Crippen LogP contribution is 2.28. The van der Waals surface area contributed by atoms with E-state index in [1.165, 1.54) is 24.0 Å². The Bertz CT molecular complexity index is 511. The molecule has 0 bridgehead atoms. The number of nitrogens with zero attached hydrogens (tertiary/aromatic N) is 3. The van der Waals surface area contributed by atoms with Crippen molar-refractivity contribution in [1.29, 1.82) is 0 Å². The van der Waals surface area contributed by atoms with Crippen molar-refractivity contribution in [3.05, 3.63) is 29.7 Å². The molecule has 0 radical (unpaired) electrons. The van der Waals surface area contributed by atoms with E-state index in [9.17, 15) is 0 Å². The minimum Gasteiger partial charge on any atom is -0.317 e. The van der Waals surface area contributed by atoms with E-state index in [-0.39, 0.29) is 0 Å². The predicted molar refractivity (Wildman–Crippen MR) is 67.2 cm³/mol. The van der Waals surface area contributed by atoms with Crippen LogP contribution in [0.15, 0.2) is 18.6 Å². The van der Waals surface area contributed by atoms with Gasteiger partial charge in [0, 0.05) is 6.20 Å². The summed E-state index contributed by atoms with van der Waals surface area (Å²) in [4.78, 5) is 4.25. The number of nitrogens with one attached hydrogen (secondary N) is 1. The van der Waals surface area contributed by atoms with Crippen LogP contribution in [0.1, 0.15) is 36.8 Å². The van der Waals surface area contributed by atoms with Crippen LogP contribution in [0.3, 0.4) is 0 Å². The maximum absolute atomic E-state index is 4.25. The van der Waals surface area contributed by atoms with Gasteiger partial charge in [0.15, 0.2) is 5.65 Å². The first-order valence-electron chi connectivity index (χ1n) is 6.41. The number of hydrogen-bond donors (Lipinski definition) is 1. The van der Waals surface area contributed by atoms with E-state index in [0.717, 1.165) is 25.2 Å². The van der Waals surface area contributed by atoms with Gasteiger partial charge in [-0.3, -0.25) is 0 Å². The SMILES string of the molecule is CCc1cc2ncnn2cc1C1CCNCC1. The molecule has 1 N–H and O–H groups in total. The molecule has 90 valence electrons. The Kier molecular flexibility index (Phi) is 2.81. The molecule has 0 unspecified atom stereocenters. The van der Waals surface area contributed by atoms with Crippen molar-refractivity contribution in [3.63, 3.8) is 0 Å². The predicted octanol–water partition coefficient (Wildman–Crippen LogP) is 1.76. The molecule has 17 heavy (non-hydrogen) atoms. The first-order chi connectivity index (χ1) is 8.38. The van der Waals surface area contributed by atoms with Gasteiger partial charge in [-0.1, -0.05) is 6.92 Å². The highest BCUT2D eigenvalue weighted by molar-refractivity contribution is 5.44. The maximum atomic E-state index is 4.25. The number of fused-ring (bicyclic) bond motifs is 1. The summed E-state index contributed by atoms with van der Waals surface area (Å²) in [5.41, 5.74) is 3.85. The van der Waals surface area contributed by atoms with Crippen molar-refractivity contribution >= 4 is 5.65 Å². The molecule has 1 aliphatic heterocycles. The van der Waals surface area contributed by atoms with Gasteiger partial charge in [-0.05, 0) is 55.5 Å². The van der Waals surface area contributed by atoms with Gasteiger partial charge in [0.25, 0.3) is 0 Å². The monoisotopic (exact) mass is 230 g/mol. The zero-order chi connectivity index (χ0) is 11.7. The average Bonchev–Trinajstić information content (AvgIpc) is 2.85. The third-order valence-electron chi connectivity index (χ3n) is 3.70. The second-order valence-electron chi connectivity index (χ2n) is 4.69. The molecule has 4 nitrogen and oxygen atoms in total. The first-order valence-corrected chi connectivity index (χ1v) is 6.41. The van der Waals surface area contributed by atoms with Crippen LogP contribution in [0, 0.1) is 0 Å². The summed E-state index contributed by atoms with van der Waals surface area (Å²) >= 11 is 0. The summed E-state index contributed by atoms with van der Waals surface area (Å²) in [6.45, 7) is 4.47. The zero-order valence-electron chi connectivity index (χ0n) is 10.2. The topological polar surface area (TPSA) is 42.2 Å². The molecule has 0 aromatic carbocycles. The van der Waals surface area contributed by atoms with E-state index >= 15 is 0 Å². The van der Waals surface area contributed by atoms with Crippen LogP contribution < -0.4 is 5.32 Å². The zero-order valence-corrected chi connectivity index (χ0v) is 10.2. The summed E-state index contributed by atoms with van der Waals surface area (Å²) in [5.74, 6) is 0.680. The summed E-state index contributed by atoms with van der Waals surface area (Å²) in [5, 5.41) is 7.66. The maximum Gasteiger partial charge on any atom is 0.155 e. The van der Waals surface area contributed by atoms with Gasteiger partial charge in [0.1, 0.15) is 6.33 Å². The Morgan fingerprint density at radius 2 is 2.24 bits per heavy atom. The number of hydrogen-bond acceptors (Lipinski definition) is 3. The van der Waals surface area contributed by atoms with Crippen molar-refractivity contribution in [2.45, 2.75) is 32.1 Å². The summed E-state index contributed by atoms with van der Waals surface area (Å²) < 4.78 is 1.90. The van der Waals surface area contributed by atoms with Crippen LogP contribution in [0.5, 0.6) is 0 Å². The fourth-order valence-electron chi connectivity index (χ4n) is 2.72. The number of aryl methyl sites for hydroxylation is 1. The van der Waals surface area contributed by atoms with Crippen molar-refractivity contribution < 1.29 is 0 Å². The fourth-order valence-corrected chi connectivity index (χ4v) is 2.72. The summed E-state index contributed by atoms with van der Waals surface area (Å²) in [6, 6.07) is 2.18. The second kappa shape index (κ2) is 4.45. The normalized spacial score (nSPS) is 17.7. The van der Waals surface area contributed by atoms with Crippen LogP contribution in [0.25, 0.3) is 5.65 Å². The van der Waals surface area contributed by atoms with Gasteiger partial charge in [0.05, 0.1) is 0 Å². The third-order valence-corrected chi connectivity index (χ3v) is 3.70. The van der Waals surface area contributed by atoms with E-state index in [2.05, 4.69) is 34.6 Å². The molecule has 0 spiro atoms. The van der Waals surface area contributed by atoms with Crippen LogP contribution in [-0.4, -0.2) is 27.7 Å². The molecule has 0 saturated carbocycles. The third kappa shape index (κ3) is 1.93. The first kappa shape index (κ1) is 10.7. The standard InChI is InChI=1S/C13H18N4/c1-2-10-7-13-15-9-16-17(13)8-12(10)11-3-5-14-6-4-11/h7-9,11,14H,2-6H2,1H3. The number of pyridine rings is 1. The Morgan fingerprint density at radius 3 is 3.00 bits per heavy atom. The van der Waals surface area contributed by atoms with Gasteiger partial charge in [0.2, 0.25) is 0 Å². The number of piperidine rings is 1. The molecule has 0 amide bonds. The highest BCUT2D eigenvalue weighted by atomic mass is 15.3. The van der Waals surface area contributed by atoms with Gasteiger partial charge in [-0.25, -0.2) is 9.50 Å². The quantitative estimate of drug-likeness (QED) is 0.854. The Labute approximate surface area is 101 Å². The van der Waals surface area contributed by atoms with Crippen LogP contribution >= 0.6 is 0 Å².